The zero-order valence-corrected chi connectivity index (χ0v) is 29.2. The van der Waals surface area contributed by atoms with Crippen molar-refractivity contribution in [3.63, 3.8) is 0 Å². The number of carbonyl (C=O) groups is 3. The van der Waals surface area contributed by atoms with E-state index in [1.807, 2.05) is 25.1 Å². The smallest absolute Gasteiger partial charge is 0.468 e. The fourth-order valence-electron chi connectivity index (χ4n) is 6.64. The average Bonchev–Trinajstić information content (AvgIpc) is 3.75. The van der Waals surface area contributed by atoms with Crippen LogP contribution in [0.25, 0.3) is 16.4 Å². The minimum absolute atomic E-state index is 0.0644. The average molecular weight is 735 g/mol. The second-order valence-electron chi connectivity index (χ2n) is 12.4. The number of imidazole rings is 1. The Labute approximate surface area is 307 Å². The zero-order valence-electron chi connectivity index (χ0n) is 28.4. The molecule has 7 rings (SSSR count). The summed E-state index contributed by atoms with van der Waals surface area (Å²) >= 11 is 6.52. The number of amides is 1. The fraction of sp³-hybridized carbons (Fsp3) is 0.179. The van der Waals surface area contributed by atoms with Gasteiger partial charge in [-0.1, -0.05) is 18.2 Å². The van der Waals surface area contributed by atoms with Crippen molar-refractivity contribution in [1.29, 1.82) is 0 Å². The number of aryl methyl sites for hydroxylation is 1. The van der Waals surface area contributed by atoms with Gasteiger partial charge in [-0.2, -0.15) is 0 Å². The van der Waals surface area contributed by atoms with E-state index >= 15 is 0 Å². The highest BCUT2D eigenvalue weighted by Gasteiger charge is 2.39. The summed E-state index contributed by atoms with van der Waals surface area (Å²) in [6, 6.07) is 22.4. The molecular weight excluding hydrogens is 704 g/mol. The lowest BCUT2D eigenvalue weighted by Crippen LogP contribution is -2.15. The molecule has 1 aliphatic rings. The Hall–Kier alpha value is -6.31. The molecule has 2 aromatic heterocycles. The number of rotatable bonds is 11. The topological polar surface area (TPSA) is 161 Å². The number of nitro groups is 1. The Balaban J connectivity index is 1.15. The number of aromatic nitrogens is 2. The quantitative estimate of drug-likeness (QED) is 0.0261. The number of Topliss-reactive ketones (excluding diaryl/α,β-unsaturated/α-hetero) is 1. The summed E-state index contributed by atoms with van der Waals surface area (Å²) in [4.78, 5) is 55.3. The first-order valence-electron chi connectivity index (χ1n) is 16.5. The Bertz CT molecular complexity index is 2390. The van der Waals surface area contributed by atoms with Gasteiger partial charge in [-0.3, -0.25) is 19.7 Å². The number of anilines is 1. The van der Waals surface area contributed by atoms with Gasteiger partial charge in [0.15, 0.2) is 12.6 Å². The molecule has 2 atom stereocenters. The van der Waals surface area contributed by atoms with Crippen LogP contribution >= 0.6 is 11.6 Å². The third-order valence-electron chi connectivity index (χ3n) is 9.08. The van der Waals surface area contributed by atoms with Crippen molar-refractivity contribution >= 4 is 57.2 Å². The maximum Gasteiger partial charge on any atom is 0.519 e. The molecule has 1 aliphatic carbocycles. The van der Waals surface area contributed by atoms with Crippen LogP contribution in [0.4, 0.5) is 16.2 Å². The molecule has 0 spiro atoms. The van der Waals surface area contributed by atoms with Gasteiger partial charge in [-0.15, -0.1) is 11.6 Å². The standard InChI is InChI=1S/C39H31ClN4O9/c1-22-4-3-5-29-33(53-39(47)52-28-13-9-26(10-14-28)44(48)49)17-30-31(16-24(18-40)36(30)35(22)29)37(45)32-20-43-19-25(8-15-34(43)42-32)41-38(46)23-6-11-27(12-7-23)51-21-50-2/h3-15,17,19-20,24,31H,16,18,21H2,1-2H3,(H,41,46)/t24-,31?/m0/s1. The van der Waals surface area contributed by atoms with Gasteiger partial charge in [0.1, 0.15) is 28.6 Å². The number of hydrogen-bond donors (Lipinski definition) is 1. The third kappa shape index (κ3) is 7.12. The Kier molecular flexibility index (Phi) is 9.76. The lowest BCUT2D eigenvalue weighted by molar-refractivity contribution is -0.384. The van der Waals surface area contributed by atoms with Gasteiger partial charge in [0, 0.05) is 48.5 Å². The molecule has 14 heteroatoms. The minimum atomic E-state index is -1.05. The van der Waals surface area contributed by atoms with Gasteiger partial charge in [0.2, 0.25) is 0 Å². The van der Waals surface area contributed by atoms with Gasteiger partial charge in [0.05, 0.1) is 16.5 Å². The summed E-state index contributed by atoms with van der Waals surface area (Å²) in [6.07, 6.45) is 2.67. The predicted octanol–water partition coefficient (Wildman–Crippen LogP) is 8.21. The summed E-state index contributed by atoms with van der Waals surface area (Å²) in [5.74, 6) is -0.293. The summed E-state index contributed by atoms with van der Waals surface area (Å²) < 4.78 is 23.0. The van der Waals surface area contributed by atoms with E-state index in [9.17, 15) is 24.5 Å². The van der Waals surface area contributed by atoms with E-state index in [0.717, 1.165) is 16.5 Å². The number of carbonyl (C=O) groups excluding carboxylic acids is 3. The van der Waals surface area contributed by atoms with Crippen molar-refractivity contribution in [2.45, 2.75) is 25.2 Å². The number of alkyl halides is 1. The molecule has 53 heavy (non-hydrogen) atoms. The van der Waals surface area contributed by atoms with E-state index in [4.69, 9.17) is 30.5 Å². The molecular formula is C39H31ClN4O9. The number of non-ortho nitro benzene ring substituents is 1. The van der Waals surface area contributed by atoms with Gasteiger partial charge in [-0.05, 0) is 95.9 Å². The second kappa shape index (κ2) is 14.7. The van der Waals surface area contributed by atoms with Gasteiger partial charge in [0.25, 0.3) is 11.6 Å². The molecule has 13 nitrogen and oxygen atoms in total. The molecule has 0 saturated carbocycles. The van der Waals surface area contributed by atoms with Crippen molar-refractivity contribution < 1.29 is 38.3 Å². The van der Waals surface area contributed by atoms with Crippen LogP contribution in [0.3, 0.4) is 0 Å². The van der Waals surface area contributed by atoms with E-state index < -0.39 is 17.0 Å². The highest BCUT2D eigenvalue weighted by Crippen LogP contribution is 2.50. The Morgan fingerprint density at radius 1 is 0.981 bits per heavy atom. The molecule has 1 amide bonds. The summed E-state index contributed by atoms with van der Waals surface area (Å²) in [7, 11) is 1.52. The predicted molar refractivity (Wildman–Crippen MR) is 196 cm³/mol. The lowest BCUT2D eigenvalue weighted by Gasteiger charge is -2.17. The number of nitrogens with one attached hydrogen (secondary N) is 1. The molecule has 0 saturated heterocycles. The van der Waals surface area contributed by atoms with E-state index in [-0.39, 0.29) is 53.2 Å². The first-order chi connectivity index (χ1) is 25.6. The van der Waals surface area contributed by atoms with Crippen LogP contribution in [0.5, 0.6) is 17.2 Å². The molecule has 6 aromatic rings. The van der Waals surface area contributed by atoms with Gasteiger partial charge < -0.3 is 28.7 Å². The first kappa shape index (κ1) is 35.1. The van der Waals surface area contributed by atoms with E-state index in [0.29, 0.717) is 40.0 Å². The maximum absolute atomic E-state index is 14.3. The second-order valence-corrected chi connectivity index (χ2v) is 12.7. The van der Waals surface area contributed by atoms with E-state index in [1.165, 1.54) is 31.4 Å². The number of nitro benzene ring substituents is 1. The molecule has 0 bridgehead atoms. The number of nitrogens with zero attached hydrogens (tertiary/aromatic N) is 3. The number of hydrogen-bond acceptors (Lipinski definition) is 10. The van der Waals surface area contributed by atoms with Crippen molar-refractivity contribution in [3.8, 4) is 17.2 Å². The molecule has 0 fully saturated rings. The molecule has 2 heterocycles. The normalized spacial score (nSPS) is 14.8. The largest absolute Gasteiger partial charge is 0.519 e. The third-order valence-corrected chi connectivity index (χ3v) is 9.45. The number of benzene rings is 4. The zero-order chi connectivity index (χ0) is 37.2. The number of pyridine rings is 1. The Morgan fingerprint density at radius 2 is 1.74 bits per heavy atom. The number of halogens is 1. The van der Waals surface area contributed by atoms with Gasteiger partial charge in [-0.25, -0.2) is 9.78 Å². The van der Waals surface area contributed by atoms with Crippen LogP contribution in [0, 0.1) is 17.0 Å². The van der Waals surface area contributed by atoms with Crippen LogP contribution in [0.15, 0.2) is 97.3 Å². The van der Waals surface area contributed by atoms with E-state index in [1.54, 1.807) is 59.3 Å². The van der Waals surface area contributed by atoms with E-state index in [2.05, 4.69) is 10.3 Å². The molecule has 4 aromatic carbocycles. The summed E-state index contributed by atoms with van der Waals surface area (Å²) in [6.45, 7) is 2.03. The van der Waals surface area contributed by atoms with Crippen LogP contribution in [0.1, 0.15) is 55.8 Å². The van der Waals surface area contributed by atoms with Crippen molar-refractivity contribution in [3.05, 3.63) is 135 Å². The minimum Gasteiger partial charge on any atom is -0.468 e. The fourth-order valence-corrected chi connectivity index (χ4v) is 6.92. The highest BCUT2D eigenvalue weighted by molar-refractivity contribution is 6.19. The molecule has 268 valence electrons. The van der Waals surface area contributed by atoms with Crippen LogP contribution in [-0.4, -0.2) is 51.9 Å². The lowest BCUT2D eigenvalue weighted by atomic mass is 9.90. The molecule has 0 radical (unpaired) electrons. The first-order valence-corrected chi connectivity index (χ1v) is 17.0. The van der Waals surface area contributed by atoms with Crippen molar-refractivity contribution in [2.75, 3.05) is 25.1 Å². The summed E-state index contributed by atoms with van der Waals surface area (Å²) in [5.41, 5.74) is 3.99. The summed E-state index contributed by atoms with van der Waals surface area (Å²) in [5, 5.41) is 15.4. The SMILES string of the molecule is COCOc1ccc(C(=O)Nc2ccc3nc(C(=O)C4C[C@@H](CCl)c5c4cc(OC(=O)Oc4ccc([N+](=O)[O-])cc4)c4cccc(C)c54)cn3c2)cc1. The number of methoxy groups -OCH3 is 1. The van der Waals surface area contributed by atoms with Crippen LogP contribution < -0.4 is 19.5 Å². The van der Waals surface area contributed by atoms with Gasteiger partial charge >= 0.3 is 6.16 Å². The maximum atomic E-state index is 14.3. The van der Waals surface area contributed by atoms with Crippen molar-refractivity contribution in [2.24, 2.45) is 0 Å². The molecule has 0 aliphatic heterocycles. The van der Waals surface area contributed by atoms with Crippen LogP contribution in [-0.2, 0) is 4.74 Å². The highest BCUT2D eigenvalue weighted by atomic mass is 35.5. The number of fused-ring (bicyclic) bond motifs is 4. The monoisotopic (exact) mass is 734 g/mol. The van der Waals surface area contributed by atoms with Crippen LogP contribution in [0.2, 0.25) is 0 Å². The van der Waals surface area contributed by atoms with Crippen molar-refractivity contribution in [1.82, 2.24) is 9.38 Å². The number of ether oxygens (including phenoxy) is 4. The number of ketones is 1. The Morgan fingerprint density at radius 3 is 2.45 bits per heavy atom. The molecule has 1 unspecified atom stereocenters. The molecule has 1 N–H and O–H groups in total.